The van der Waals surface area contributed by atoms with Crippen molar-refractivity contribution in [1.82, 2.24) is 15.0 Å². The quantitative estimate of drug-likeness (QED) is 0.808. The summed E-state index contributed by atoms with van der Waals surface area (Å²) in [6.45, 7) is 1.80. The van der Waals surface area contributed by atoms with Gasteiger partial charge in [-0.2, -0.15) is 4.98 Å². The van der Waals surface area contributed by atoms with Crippen molar-refractivity contribution in [1.29, 1.82) is 0 Å². The average Bonchev–Trinajstić information content (AvgIpc) is 3.29. The highest BCUT2D eigenvalue weighted by atomic mass is 16.5. The van der Waals surface area contributed by atoms with Crippen LogP contribution in [0.3, 0.4) is 0 Å². The Labute approximate surface area is 140 Å². The molecule has 0 atom stereocenters. The fourth-order valence-corrected chi connectivity index (χ4v) is 3.26. The summed E-state index contributed by atoms with van der Waals surface area (Å²) in [4.78, 5) is 18.2. The van der Waals surface area contributed by atoms with Crippen molar-refractivity contribution in [2.45, 2.75) is 44.1 Å². The molecule has 2 aromatic rings. The van der Waals surface area contributed by atoms with Gasteiger partial charge in [0.15, 0.2) is 11.6 Å². The van der Waals surface area contributed by atoms with E-state index in [1.54, 1.807) is 17.0 Å². The molecule has 4 rings (SSSR count). The second kappa shape index (κ2) is 6.76. The number of amides is 1. The first kappa shape index (κ1) is 15.4. The Morgan fingerprint density at radius 3 is 2.92 bits per heavy atom. The molecule has 0 bridgehead atoms. The molecule has 0 N–H and O–H groups in total. The number of aromatic nitrogens is 2. The highest BCUT2D eigenvalue weighted by Gasteiger charge is 2.36. The molecule has 1 aliphatic carbocycles. The van der Waals surface area contributed by atoms with Crippen LogP contribution in [0, 0.1) is 0 Å². The Kier molecular flexibility index (Phi) is 4.34. The molecular weight excluding hydrogens is 310 g/mol. The van der Waals surface area contributed by atoms with Gasteiger partial charge in [0.2, 0.25) is 5.89 Å². The minimum absolute atomic E-state index is 0.0963. The summed E-state index contributed by atoms with van der Waals surface area (Å²) in [7, 11) is 0. The van der Waals surface area contributed by atoms with Crippen LogP contribution in [0.2, 0.25) is 0 Å². The summed E-state index contributed by atoms with van der Waals surface area (Å²) in [6, 6.07) is 3.38. The van der Waals surface area contributed by atoms with Crippen LogP contribution in [0.1, 0.15) is 53.9 Å². The molecular formula is C17H21N3O4. The number of nitrogens with zero attached hydrogens (tertiary/aromatic N) is 3. The lowest BCUT2D eigenvalue weighted by atomic mass is 10.00. The average molecular weight is 331 g/mol. The third-order valence-electron chi connectivity index (χ3n) is 4.72. The number of rotatable bonds is 6. The van der Waals surface area contributed by atoms with Crippen molar-refractivity contribution in [2.75, 3.05) is 19.7 Å². The van der Waals surface area contributed by atoms with Gasteiger partial charge in [-0.15, -0.1) is 0 Å². The van der Waals surface area contributed by atoms with Crippen LogP contribution in [0.25, 0.3) is 0 Å². The van der Waals surface area contributed by atoms with Gasteiger partial charge in [-0.1, -0.05) is 18.0 Å². The third-order valence-corrected chi connectivity index (χ3v) is 4.72. The highest BCUT2D eigenvalue weighted by molar-refractivity contribution is 5.92. The number of ether oxygens (including phenoxy) is 1. The SMILES string of the molecule is O=C(c1ccco1)N1CC(c2nc(CCOC3CCCC3)no2)C1. The van der Waals surface area contributed by atoms with Crippen molar-refractivity contribution in [3.05, 3.63) is 35.9 Å². The van der Waals surface area contributed by atoms with Gasteiger partial charge in [-0.3, -0.25) is 4.79 Å². The van der Waals surface area contributed by atoms with E-state index in [2.05, 4.69) is 10.1 Å². The topological polar surface area (TPSA) is 81.6 Å². The first-order valence-electron chi connectivity index (χ1n) is 8.56. The van der Waals surface area contributed by atoms with Crippen molar-refractivity contribution in [3.63, 3.8) is 0 Å². The zero-order valence-corrected chi connectivity index (χ0v) is 13.5. The molecule has 0 spiro atoms. The smallest absolute Gasteiger partial charge is 0.289 e. The molecule has 0 aromatic carbocycles. The predicted octanol–water partition coefficient (Wildman–Crippen LogP) is 2.40. The molecule has 1 saturated carbocycles. The van der Waals surface area contributed by atoms with Crippen LogP contribution >= 0.6 is 0 Å². The van der Waals surface area contributed by atoms with Gasteiger partial charge in [0, 0.05) is 19.5 Å². The molecule has 1 amide bonds. The maximum atomic E-state index is 12.1. The molecule has 128 valence electrons. The van der Waals surface area contributed by atoms with E-state index in [1.165, 1.54) is 31.9 Å². The van der Waals surface area contributed by atoms with Crippen LogP contribution < -0.4 is 0 Å². The summed E-state index contributed by atoms with van der Waals surface area (Å²) < 4.78 is 16.3. The van der Waals surface area contributed by atoms with Crippen LogP contribution in [0.5, 0.6) is 0 Å². The van der Waals surface area contributed by atoms with Crippen LogP contribution in [-0.4, -0.2) is 46.7 Å². The second-order valence-electron chi connectivity index (χ2n) is 6.46. The normalized spacial score (nSPS) is 18.9. The van der Waals surface area contributed by atoms with Crippen LogP contribution in [0.15, 0.2) is 27.3 Å². The summed E-state index contributed by atoms with van der Waals surface area (Å²) in [5, 5.41) is 4.01. The maximum absolute atomic E-state index is 12.1. The third kappa shape index (κ3) is 3.21. The van der Waals surface area contributed by atoms with Crippen molar-refractivity contribution >= 4 is 5.91 Å². The zero-order valence-electron chi connectivity index (χ0n) is 13.5. The monoisotopic (exact) mass is 331 g/mol. The van der Waals surface area contributed by atoms with E-state index < -0.39 is 0 Å². The molecule has 24 heavy (non-hydrogen) atoms. The largest absolute Gasteiger partial charge is 0.459 e. The van der Waals surface area contributed by atoms with E-state index >= 15 is 0 Å². The van der Waals surface area contributed by atoms with Gasteiger partial charge < -0.3 is 18.6 Å². The molecule has 0 unspecified atom stereocenters. The standard InChI is InChI=1S/C17H21N3O4/c21-17(14-6-3-8-23-14)20-10-12(11-20)16-18-15(19-24-16)7-9-22-13-4-1-2-5-13/h3,6,8,12-13H,1-2,4-5,7,9-11H2. The molecule has 7 nitrogen and oxygen atoms in total. The molecule has 1 saturated heterocycles. The Morgan fingerprint density at radius 1 is 1.33 bits per heavy atom. The molecule has 7 heteroatoms. The molecule has 2 aliphatic rings. The van der Waals surface area contributed by atoms with E-state index in [9.17, 15) is 4.79 Å². The zero-order chi connectivity index (χ0) is 16.4. The molecule has 2 fully saturated rings. The van der Waals surface area contributed by atoms with E-state index in [0.29, 0.717) is 49.7 Å². The minimum Gasteiger partial charge on any atom is -0.459 e. The van der Waals surface area contributed by atoms with Crippen molar-refractivity contribution in [3.8, 4) is 0 Å². The molecule has 2 aromatic heterocycles. The Morgan fingerprint density at radius 2 is 2.17 bits per heavy atom. The summed E-state index contributed by atoms with van der Waals surface area (Å²) in [5.74, 6) is 1.67. The first-order valence-corrected chi connectivity index (χ1v) is 8.56. The Bertz CT molecular complexity index is 670. The highest BCUT2D eigenvalue weighted by Crippen LogP contribution is 2.27. The number of carbonyl (C=O) groups is 1. The number of carbonyl (C=O) groups excluding carboxylic acids is 1. The Balaban J connectivity index is 1.23. The summed E-state index contributed by atoms with van der Waals surface area (Å²) in [5.41, 5.74) is 0. The van der Waals surface area contributed by atoms with E-state index in [-0.39, 0.29) is 11.8 Å². The van der Waals surface area contributed by atoms with Gasteiger partial charge >= 0.3 is 0 Å². The fourth-order valence-electron chi connectivity index (χ4n) is 3.26. The number of hydrogen-bond donors (Lipinski definition) is 0. The summed E-state index contributed by atoms with van der Waals surface area (Å²) in [6.07, 6.45) is 7.45. The lowest BCUT2D eigenvalue weighted by Crippen LogP contribution is -2.48. The van der Waals surface area contributed by atoms with Gasteiger partial charge in [-0.05, 0) is 25.0 Å². The lowest BCUT2D eigenvalue weighted by Gasteiger charge is -2.36. The Hall–Kier alpha value is -2.15. The molecule has 0 radical (unpaired) electrons. The molecule has 3 heterocycles. The summed E-state index contributed by atoms with van der Waals surface area (Å²) >= 11 is 0. The predicted molar refractivity (Wildman–Crippen MR) is 83.6 cm³/mol. The lowest BCUT2D eigenvalue weighted by molar-refractivity contribution is 0.0536. The molecule has 1 aliphatic heterocycles. The van der Waals surface area contributed by atoms with Gasteiger partial charge in [0.05, 0.1) is 24.9 Å². The maximum Gasteiger partial charge on any atom is 0.289 e. The number of likely N-dealkylation sites (tertiary alicyclic amines) is 1. The van der Waals surface area contributed by atoms with E-state index in [1.807, 2.05) is 0 Å². The minimum atomic E-state index is -0.0963. The number of hydrogen-bond acceptors (Lipinski definition) is 6. The van der Waals surface area contributed by atoms with Crippen molar-refractivity contribution in [2.24, 2.45) is 0 Å². The number of furan rings is 1. The van der Waals surface area contributed by atoms with E-state index in [0.717, 1.165) is 0 Å². The fraction of sp³-hybridized carbons (Fsp3) is 0.588. The van der Waals surface area contributed by atoms with Crippen molar-refractivity contribution < 1.29 is 18.5 Å². The first-order chi connectivity index (χ1) is 11.8. The van der Waals surface area contributed by atoms with Gasteiger partial charge in [0.1, 0.15) is 0 Å². The van der Waals surface area contributed by atoms with Gasteiger partial charge in [-0.25, -0.2) is 0 Å². The van der Waals surface area contributed by atoms with Gasteiger partial charge in [0.25, 0.3) is 5.91 Å². The van der Waals surface area contributed by atoms with E-state index in [4.69, 9.17) is 13.7 Å². The van der Waals surface area contributed by atoms with Crippen LogP contribution in [0.4, 0.5) is 0 Å². The second-order valence-corrected chi connectivity index (χ2v) is 6.46. The van der Waals surface area contributed by atoms with Crippen LogP contribution in [-0.2, 0) is 11.2 Å².